The van der Waals surface area contributed by atoms with Crippen LogP contribution in [0.2, 0.25) is 0 Å². The molecule has 3 heterocycles. The minimum absolute atomic E-state index is 0.0612. The van der Waals surface area contributed by atoms with Crippen molar-refractivity contribution >= 4 is 27.2 Å². The van der Waals surface area contributed by atoms with Gasteiger partial charge in [0.1, 0.15) is 4.60 Å². The summed E-state index contributed by atoms with van der Waals surface area (Å²) < 4.78 is 9.08. The summed E-state index contributed by atoms with van der Waals surface area (Å²) in [5, 5.41) is 0. The number of halogens is 1. The second-order valence-electron chi connectivity index (χ2n) is 3.93. The first-order valence-corrected chi connectivity index (χ1v) is 6.22. The van der Waals surface area contributed by atoms with E-state index >= 15 is 0 Å². The third-order valence-electron chi connectivity index (χ3n) is 2.93. The number of hydrogen-bond donors (Lipinski definition) is 0. The zero-order valence-electron chi connectivity index (χ0n) is 9.26. The van der Waals surface area contributed by atoms with Crippen LogP contribution in [-0.2, 0) is 11.3 Å². The molecule has 2 aromatic rings. The van der Waals surface area contributed by atoms with E-state index in [2.05, 4.69) is 25.9 Å². The van der Waals surface area contributed by atoms with Gasteiger partial charge in [0.05, 0.1) is 25.5 Å². The first kappa shape index (κ1) is 10.9. The summed E-state index contributed by atoms with van der Waals surface area (Å²) in [6, 6.07) is 0.0910. The molecule has 3 rings (SSSR count). The molecule has 1 aliphatic heterocycles. The lowest BCUT2D eigenvalue weighted by Crippen LogP contribution is -2.37. The van der Waals surface area contributed by atoms with Gasteiger partial charge in [-0.1, -0.05) is 0 Å². The molecule has 0 unspecified atom stereocenters. The van der Waals surface area contributed by atoms with Gasteiger partial charge in [-0.15, -0.1) is 0 Å². The van der Waals surface area contributed by atoms with E-state index in [9.17, 15) is 4.79 Å². The minimum Gasteiger partial charge on any atom is -0.377 e. The number of rotatable bonds is 2. The maximum atomic E-state index is 12.2. The van der Waals surface area contributed by atoms with Gasteiger partial charge in [0.2, 0.25) is 0 Å². The lowest BCUT2D eigenvalue weighted by Gasteiger charge is -2.26. The lowest BCUT2D eigenvalue weighted by atomic mass is 10.2. The van der Waals surface area contributed by atoms with Crippen LogP contribution < -0.4 is 5.69 Å². The minimum atomic E-state index is -0.0612. The number of hydrogen-bond acceptors (Lipinski definition) is 4. The molecular weight excluding hydrogens is 288 g/mol. The maximum absolute atomic E-state index is 12.2. The number of aromatic nitrogens is 4. The number of imidazole rings is 1. The van der Waals surface area contributed by atoms with Crippen LogP contribution in [-0.4, -0.2) is 32.3 Å². The molecule has 6 nitrogen and oxygen atoms in total. The molecule has 0 amide bonds. The number of nitrogens with zero attached hydrogens (tertiary/aromatic N) is 4. The average Bonchev–Trinajstić information content (AvgIpc) is 2.49. The summed E-state index contributed by atoms with van der Waals surface area (Å²) in [7, 11) is 0. The molecule has 1 fully saturated rings. The van der Waals surface area contributed by atoms with E-state index < -0.39 is 0 Å². The van der Waals surface area contributed by atoms with Crippen LogP contribution in [0.15, 0.2) is 15.6 Å². The van der Waals surface area contributed by atoms with Gasteiger partial charge >= 0.3 is 5.69 Å². The molecule has 0 aromatic carbocycles. The fourth-order valence-corrected chi connectivity index (χ4v) is 2.27. The Balaban J connectivity index is 2.34. The van der Waals surface area contributed by atoms with Crippen molar-refractivity contribution in [3.8, 4) is 0 Å². The Morgan fingerprint density at radius 3 is 2.88 bits per heavy atom. The Morgan fingerprint density at radius 1 is 1.53 bits per heavy atom. The highest BCUT2D eigenvalue weighted by Gasteiger charge is 2.27. The summed E-state index contributed by atoms with van der Waals surface area (Å²) in [4.78, 5) is 20.9. The zero-order chi connectivity index (χ0) is 12.0. The molecule has 0 atom stereocenters. The highest BCUT2D eigenvalue weighted by Crippen LogP contribution is 2.21. The number of fused-ring (bicyclic) bond motifs is 1. The first-order chi connectivity index (χ1) is 8.22. The molecule has 0 aliphatic carbocycles. The zero-order valence-corrected chi connectivity index (χ0v) is 10.8. The molecule has 0 bridgehead atoms. The van der Waals surface area contributed by atoms with Crippen LogP contribution >= 0.6 is 15.9 Å². The van der Waals surface area contributed by atoms with Gasteiger partial charge in [0.25, 0.3) is 0 Å². The van der Waals surface area contributed by atoms with Gasteiger partial charge in [-0.25, -0.2) is 14.8 Å². The second-order valence-corrected chi connectivity index (χ2v) is 4.74. The van der Waals surface area contributed by atoms with Gasteiger partial charge in [0, 0.05) is 6.54 Å². The van der Waals surface area contributed by atoms with Gasteiger partial charge < -0.3 is 4.74 Å². The molecule has 1 aliphatic rings. The van der Waals surface area contributed by atoms with Crippen LogP contribution in [0.4, 0.5) is 0 Å². The van der Waals surface area contributed by atoms with Crippen molar-refractivity contribution in [3.05, 3.63) is 21.3 Å². The van der Waals surface area contributed by atoms with E-state index in [0.717, 1.165) is 0 Å². The molecule has 90 valence electrons. The summed E-state index contributed by atoms with van der Waals surface area (Å²) in [5.41, 5.74) is 1.20. The normalized spacial score (nSPS) is 16.4. The molecule has 0 radical (unpaired) electrons. The van der Waals surface area contributed by atoms with Crippen molar-refractivity contribution in [3.63, 3.8) is 0 Å². The fraction of sp³-hybridized carbons (Fsp3) is 0.500. The first-order valence-electron chi connectivity index (χ1n) is 5.43. The van der Waals surface area contributed by atoms with E-state index in [1.165, 1.54) is 0 Å². The smallest absolute Gasteiger partial charge is 0.331 e. The Kier molecular flexibility index (Phi) is 2.52. The molecule has 0 spiro atoms. The molecule has 7 heteroatoms. The van der Waals surface area contributed by atoms with Crippen molar-refractivity contribution < 1.29 is 4.74 Å². The van der Waals surface area contributed by atoms with E-state index in [4.69, 9.17) is 4.74 Å². The monoisotopic (exact) mass is 298 g/mol. The second kappa shape index (κ2) is 3.92. The largest absolute Gasteiger partial charge is 0.377 e. The van der Waals surface area contributed by atoms with Crippen LogP contribution in [0.1, 0.15) is 13.0 Å². The third kappa shape index (κ3) is 1.53. The Morgan fingerprint density at radius 2 is 2.29 bits per heavy atom. The van der Waals surface area contributed by atoms with E-state index in [1.54, 1.807) is 15.3 Å². The van der Waals surface area contributed by atoms with E-state index in [1.807, 2.05) is 6.92 Å². The molecule has 17 heavy (non-hydrogen) atoms. The maximum Gasteiger partial charge on any atom is 0.331 e. The molecule has 1 saturated heterocycles. The summed E-state index contributed by atoms with van der Waals surface area (Å²) in [6.07, 6.45) is 1.61. The lowest BCUT2D eigenvalue weighted by molar-refractivity contribution is -0.0234. The Labute approximate surface area is 105 Å². The van der Waals surface area contributed by atoms with Crippen molar-refractivity contribution in [1.29, 1.82) is 0 Å². The topological polar surface area (TPSA) is 61.9 Å². The fourth-order valence-electron chi connectivity index (χ4n) is 2.00. The number of ether oxygens (including phenoxy) is 1. The molecule has 2 aromatic heterocycles. The molecule has 0 saturated carbocycles. The highest BCUT2D eigenvalue weighted by molar-refractivity contribution is 9.10. The van der Waals surface area contributed by atoms with Gasteiger partial charge in [-0.2, -0.15) is 0 Å². The van der Waals surface area contributed by atoms with Crippen molar-refractivity contribution in [2.24, 2.45) is 0 Å². The predicted octanol–water partition coefficient (Wildman–Crippen LogP) is 0.947. The highest BCUT2D eigenvalue weighted by atomic mass is 79.9. The van der Waals surface area contributed by atoms with E-state index in [-0.39, 0.29) is 11.7 Å². The predicted molar refractivity (Wildman–Crippen MR) is 65.0 cm³/mol. The Hall–Kier alpha value is -1.21. The van der Waals surface area contributed by atoms with Crippen LogP contribution in [0, 0.1) is 0 Å². The summed E-state index contributed by atoms with van der Waals surface area (Å²) in [5.74, 6) is 0. The van der Waals surface area contributed by atoms with Crippen molar-refractivity contribution in [2.45, 2.75) is 19.5 Å². The summed E-state index contributed by atoms with van der Waals surface area (Å²) >= 11 is 3.27. The van der Waals surface area contributed by atoms with Gasteiger partial charge in [-0.05, 0) is 22.9 Å². The van der Waals surface area contributed by atoms with Crippen LogP contribution in [0.3, 0.4) is 0 Å². The quantitative estimate of drug-likeness (QED) is 0.828. The van der Waals surface area contributed by atoms with E-state index in [0.29, 0.717) is 35.7 Å². The average molecular weight is 299 g/mol. The van der Waals surface area contributed by atoms with Crippen molar-refractivity contribution in [1.82, 2.24) is 19.1 Å². The Bertz CT molecular complexity index is 629. The van der Waals surface area contributed by atoms with Crippen molar-refractivity contribution in [2.75, 3.05) is 13.2 Å². The summed E-state index contributed by atoms with van der Waals surface area (Å²) in [6.45, 7) is 3.65. The van der Waals surface area contributed by atoms with Gasteiger partial charge in [0.15, 0.2) is 11.3 Å². The SMILES string of the molecule is CCn1c(=O)n(C2COC2)c2ncc(Br)nc21. The number of aryl methyl sites for hydroxylation is 1. The standard InChI is InChI=1S/C10H11BrN4O2/c1-2-14-9-8(12-3-7(11)13-9)15(10(14)16)6-4-17-5-6/h3,6H,2,4-5H2,1H3. The molecule has 0 N–H and O–H groups in total. The van der Waals surface area contributed by atoms with Crippen LogP contribution in [0.5, 0.6) is 0 Å². The van der Waals surface area contributed by atoms with Crippen LogP contribution in [0.25, 0.3) is 11.3 Å². The van der Waals surface area contributed by atoms with Gasteiger partial charge in [-0.3, -0.25) is 9.13 Å². The molecular formula is C10H11BrN4O2. The third-order valence-corrected chi connectivity index (χ3v) is 3.31.